The number of carbonyl (C=O) groups is 3. The van der Waals surface area contributed by atoms with Crippen molar-refractivity contribution in [2.45, 2.75) is 91.7 Å². The molecule has 1 amide bonds. The first-order valence-electron chi connectivity index (χ1n) is 12.4. The van der Waals surface area contributed by atoms with Gasteiger partial charge in [0.15, 0.2) is 5.78 Å². The Hall–Kier alpha value is -2.45. The molecule has 0 saturated heterocycles. The van der Waals surface area contributed by atoms with E-state index >= 15 is 0 Å². The highest BCUT2D eigenvalue weighted by molar-refractivity contribution is 5.89. The minimum absolute atomic E-state index is 0.0188. The van der Waals surface area contributed by atoms with Crippen molar-refractivity contribution >= 4 is 17.8 Å². The number of carbonyl (C=O) groups excluding carboxylic acids is 3. The fraction of sp³-hybridized carbons (Fsp3) is 0.667. The van der Waals surface area contributed by atoms with Gasteiger partial charge in [-0.15, -0.1) is 0 Å². The van der Waals surface area contributed by atoms with E-state index in [0.717, 1.165) is 12.0 Å². The molecule has 0 radical (unpaired) electrons. The molecule has 8 nitrogen and oxygen atoms in total. The van der Waals surface area contributed by atoms with E-state index in [1.807, 2.05) is 78.8 Å². The van der Waals surface area contributed by atoms with Gasteiger partial charge in [-0.2, -0.15) is 0 Å². The number of nitrogens with one attached hydrogen (secondary N) is 2. The van der Waals surface area contributed by atoms with Gasteiger partial charge in [0.25, 0.3) is 0 Å². The number of hydrogen-bond acceptors (Lipinski definition) is 7. The van der Waals surface area contributed by atoms with Crippen LogP contribution in [0.15, 0.2) is 30.3 Å². The van der Waals surface area contributed by atoms with Crippen molar-refractivity contribution in [3.8, 4) is 0 Å². The molecule has 2 N–H and O–H groups in total. The first-order valence-corrected chi connectivity index (χ1v) is 12.4. The van der Waals surface area contributed by atoms with Crippen molar-refractivity contribution in [3.63, 3.8) is 0 Å². The summed E-state index contributed by atoms with van der Waals surface area (Å²) in [5.74, 6) is -0.516. The molecule has 1 aromatic carbocycles. The normalized spacial score (nSPS) is 15.1. The number of benzene rings is 1. The van der Waals surface area contributed by atoms with Crippen LogP contribution >= 0.6 is 0 Å². The number of rotatable bonds is 14. The lowest BCUT2D eigenvalue weighted by molar-refractivity contribution is -0.158. The molecule has 1 rings (SSSR count). The van der Waals surface area contributed by atoms with E-state index in [2.05, 4.69) is 10.6 Å². The molecule has 0 saturated carbocycles. The molecule has 4 atom stereocenters. The molecule has 1 aromatic rings. The van der Waals surface area contributed by atoms with Gasteiger partial charge in [-0.3, -0.25) is 9.59 Å². The number of amides is 1. The number of esters is 1. The Morgan fingerprint density at radius 3 is 2.17 bits per heavy atom. The molecular weight excluding hydrogens is 448 g/mol. The van der Waals surface area contributed by atoms with Gasteiger partial charge in [0, 0.05) is 13.2 Å². The maximum atomic E-state index is 13.1. The quantitative estimate of drug-likeness (QED) is 0.374. The molecule has 0 bridgehead atoms. The van der Waals surface area contributed by atoms with Crippen LogP contribution in [0, 0.1) is 11.8 Å². The molecule has 0 aliphatic rings. The summed E-state index contributed by atoms with van der Waals surface area (Å²) in [4.78, 5) is 37.8. The Morgan fingerprint density at radius 1 is 1.03 bits per heavy atom. The van der Waals surface area contributed by atoms with Crippen molar-refractivity contribution in [3.05, 3.63) is 35.9 Å². The minimum atomic E-state index is -0.713. The number of hydrogen-bond donors (Lipinski definition) is 2. The zero-order valence-corrected chi connectivity index (χ0v) is 22.6. The summed E-state index contributed by atoms with van der Waals surface area (Å²) in [6, 6.07) is 8.38. The summed E-state index contributed by atoms with van der Waals surface area (Å²) < 4.78 is 16.4. The van der Waals surface area contributed by atoms with Crippen molar-refractivity contribution < 1.29 is 28.6 Å². The largest absolute Gasteiger partial charge is 0.460 e. The summed E-state index contributed by atoms with van der Waals surface area (Å²) in [5.41, 5.74) is 0.277. The Labute approximate surface area is 210 Å². The summed E-state index contributed by atoms with van der Waals surface area (Å²) in [6.07, 6.45) is -0.202. The molecule has 0 aromatic heterocycles. The molecule has 0 unspecified atom stereocenters. The average molecular weight is 493 g/mol. The zero-order valence-electron chi connectivity index (χ0n) is 22.6. The Balaban J connectivity index is 2.77. The number of ketones is 1. The average Bonchev–Trinajstić information content (AvgIpc) is 2.79. The van der Waals surface area contributed by atoms with E-state index in [1.54, 1.807) is 7.11 Å². The second-order valence-corrected chi connectivity index (χ2v) is 10.3. The fourth-order valence-electron chi connectivity index (χ4n) is 3.70. The Morgan fingerprint density at radius 2 is 1.66 bits per heavy atom. The molecule has 0 fully saturated rings. The lowest BCUT2D eigenvalue weighted by Gasteiger charge is -2.32. The van der Waals surface area contributed by atoms with E-state index in [4.69, 9.17) is 14.2 Å². The van der Waals surface area contributed by atoms with E-state index in [1.165, 1.54) is 0 Å². The lowest BCUT2D eigenvalue weighted by atomic mass is 9.91. The molecule has 0 aliphatic heterocycles. The highest BCUT2D eigenvalue weighted by Crippen LogP contribution is 2.19. The van der Waals surface area contributed by atoms with Gasteiger partial charge >= 0.3 is 12.1 Å². The predicted octanol–water partition coefficient (Wildman–Crippen LogP) is 4.26. The van der Waals surface area contributed by atoms with E-state index < -0.39 is 23.8 Å². The number of alkyl carbamates (subject to hydrolysis) is 1. The van der Waals surface area contributed by atoms with Gasteiger partial charge in [0.2, 0.25) is 0 Å². The molecular formula is C27H44N2O6. The van der Waals surface area contributed by atoms with E-state index in [-0.39, 0.29) is 49.2 Å². The standard InChI is InChI=1S/C27H44N2O6/c1-9-19(4)25(22(33-8)15-23(31)35-27(5,6)7)28-16-21(30)24(18(2)3)29-26(32)34-17-20-13-11-10-12-14-20/h10-14,18-19,22,24-25,28H,9,15-17H2,1-8H3,(H,29,32)/t19-,22+,24-,25-/m0/s1. The third-order valence-electron chi connectivity index (χ3n) is 5.76. The highest BCUT2D eigenvalue weighted by Gasteiger charge is 2.32. The highest BCUT2D eigenvalue weighted by atomic mass is 16.6. The van der Waals surface area contributed by atoms with Crippen molar-refractivity contribution in [1.29, 1.82) is 0 Å². The molecule has 198 valence electrons. The third kappa shape index (κ3) is 11.7. The van der Waals surface area contributed by atoms with Crippen molar-refractivity contribution in [1.82, 2.24) is 10.6 Å². The van der Waals surface area contributed by atoms with Crippen LogP contribution in [0.5, 0.6) is 0 Å². The maximum Gasteiger partial charge on any atom is 0.408 e. The van der Waals surface area contributed by atoms with Gasteiger partial charge in [-0.25, -0.2) is 4.79 Å². The number of Topliss-reactive ketones (excluding diaryl/α,β-unsaturated/α-hetero) is 1. The first kappa shape index (κ1) is 30.6. The summed E-state index contributed by atoms with van der Waals surface area (Å²) >= 11 is 0. The molecule has 0 aliphatic carbocycles. The fourth-order valence-corrected chi connectivity index (χ4v) is 3.70. The summed E-state index contributed by atoms with van der Waals surface area (Å²) in [6.45, 7) is 13.4. The molecule has 8 heteroatoms. The van der Waals surface area contributed by atoms with Gasteiger partial charge in [-0.1, -0.05) is 64.4 Å². The molecule has 0 heterocycles. The second kappa shape index (κ2) is 14.8. The smallest absolute Gasteiger partial charge is 0.408 e. The third-order valence-corrected chi connectivity index (χ3v) is 5.76. The van der Waals surface area contributed by atoms with Crippen LogP contribution in [0.25, 0.3) is 0 Å². The van der Waals surface area contributed by atoms with Crippen LogP contribution in [-0.2, 0) is 30.4 Å². The second-order valence-electron chi connectivity index (χ2n) is 10.3. The van der Waals surface area contributed by atoms with Crippen LogP contribution in [0.1, 0.15) is 66.9 Å². The van der Waals surface area contributed by atoms with Crippen molar-refractivity contribution in [2.75, 3.05) is 13.7 Å². The van der Waals surface area contributed by atoms with Gasteiger partial charge < -0.3 is 24.8 Å². The topological polar surface area (TPSA) is 103 Å². The monoisotopic (exact) mass is 492 g/mol. The van der Waals surface area contributed by atoms with Crippen LogP contribution in [0.4, 0.5) is 4.79 Å². The summed E-state index contributed by atoms with van der Waals surface area (Å²) in [7, 11) is 1.55. The molecule has 0 spiro atoms. The lowest BCUT2D eigenvalue weighted by Crippen LogP contribution is -2.52. The Bertz CT molecular complexity index is 791. The van der Waals surface area contributed by atoms with Gasteiger partial charge in [0.05, 0.1) is 25.1 Å². The number of ether oxygens (including phenoxy) is 3. The maximum absolute atomic E-state index is 13.1. The van der Waals surface area contributed by atoms with Crippen LogP contribution in [-0.4, -0.2) is 55.3 Å². The zero-order chi connectivity index (χ0) is 26.6. The number of methoxy groups -OCH3 is 1. The van der Waals surface area contributed by atoms with Crippen LogP contribution in [0.2, 0.25) is 0 Å². The van der Waals surface area contributed by atoms with Gasteiger partial charge in [-0.05, 0) is 38.2 Å². The predicted molar refractivity (Wildman–Crippen MR) is 136 cm³/mol. The SMILES string of the molecule is CC[C@H](C)[C@H](NCC(=O)[C@@H](NC(=O)OCc1ccccc1)C(C)C)[C@@H](CC(=O)OC(C)(C)C)OC. The van der Waals surface area contributed by atoms with Crippen LogP contribution < -0.4 is 10.6 Å². The minimum Gasteiger partial charge on any atom is -0.460 e. The first-order chi connectivity index (χ1) is 16.4. The van der Waals surface area contributed by atoms with Crippen LogP contribution in [0.3, 0.4) is 0 Å². The van der Waals surface area contributed by atoms with E-state index in [9.17, 15) is 14.4 Å². The molecule has 35 heavy (non-hydrogen) atoms. The van der Waals surface area contributed by atoms with Crippen molar-refractivity contribution in [2.24, 2.45) is 11.8 Å². The van der Waals surface area contributed by atoms with Gasteiger partial charge in [0.1, 0.15) is 12.2 Å². The summed E-state index contributed by atoms with van der Waals surface area (Å²) in [5, 5.41) is 5.98. The van der Waals surface area contributed by atoms with E-state index in [0.29, 0.717) is 0 Å². The Kier molecular flexibility index (Phi) is 13.0.